The number of nitrogen functional groups attached to an aromatic ring is 1. The molecule has 0 radical (unpaired) electrons. The number of rotatable bonds is 2. The van der Waals surface area contributed by atoms with Gasteiger partial charge in [0.05, 0.1) is 6.61 Å². The molecule has 68 valence electrons. The van der Waals surface area contributed by atoms with Gasteiger partial charge in [0.25, 0.3) is 0 Å². The first kappa shape index (κ1) is 8.53. The third-order valence-corrected chi connectivity index (χ3v) is 3.01. The van der Waals surface area contributed by atoms with Gasteiger partial charge in [-0.3, -0.25) is 0 Å². The standard InChI is InChI=1S/C10H11NOS/c1-12-6-7-5-8-9(11)3-2-4-10(8)13-7/h2-5H,6,11H2,1H3. The Morgan fingerprint density at radius 2 is 2.31 bits per heavy atom. The second kappa shape index (κ2) is 3.36. The van der Waals surface area contributed by atoms with E-state index in [0.717, 1.165) is 11.1 Å². The molecule has 0 fully saturated rings. The maximum atomic E-state index is 5.83. The van der Waals surface area contributed by atoms with Gasteiger partial charge in [-0.05, 0) is 18.2 Å². The lowest BCUT2D eigenvalue weighted by atomic mass is 10.2. The molecule has 0 amide bonds. The van der Waals surface area contributed by atoms with Gasteiger partial charge < -0.3 is 10.5 Å². The summed E-state index contributed by atoms with van der Waals surface area (Å²) in [5, 5.41) is 1.14. The Hall–Kier alpha value is -1.06. The number of thiophene rings is 1. The minimum Gasteiger partial charge on any atom is -0.398 e. The van der Waals surface area contributed by atoms with Crippen LogP contribution in [-0.4, -0.2) is 7.11 Å². The van der Waals surface area contributed by atoms with E-state index in [9.17, 15) is 0 Å². The quantitative estimate of drug-likeness (QED) is 0.744. The molecule has 1 aromatic heterocycles. The Kier molecular flexibility index (Phi) is 2.20. The summed E-state index contributed by atoms with van der Waals surface area (Å²) >= 11 is 1.73. The van der Waals surface area contributed by atoms with Gasteiger partial charge in [0.2, 0.25) is 0 Å². The summed E-state index contributed by atoms with van der Waals surface area (Å²) in [5.74, 6) is 0. The van der Waals surface area contributed by atoms with Crippen molar-refractivity contribution < 1.29 is 4.74 Å². The molecule has 0 spiro atoms. The van der Waals surface area contributed by atoms with Crippen LogP contribution in [0.1, 0.15) is 4.88 Å². The lowest BCUT2D eigenvalue weighted by Gasteiger charge is -1.92. The van der Waals surface area contributed by atoms with Gasteiger partial charge in [0.15, 0.2) is 0 Å². The van der Waals surface area contributed by atoms with Crippen molar-refractivity contribution in [3.8, 4) is 0 Å². The molecule has 3 heteroatoms. The Balaban J connectivity index is 2.55. The van der Waals surface area contributed by atoms with Crippen molar-refractivity contribution in [1.29, 1.82) is 0 Å². The van der Waals surface area contributed by atoms with Gasteiger partial charge in [-0.2, -0.15) is 0 Å². The lowest BCUT2D eigenvalue weighted by molar-refractivity contribution is 0.187. The van der Waals surface area contributed by atoms with Crippen LogP contribution in [0.3, 0.4) is 0 Å². The van der Waals surface area contributed by atoms with Gasteiger partial charge >= 0.3 is 0 Å². The average Bonchev–Trinajstić information content (AvgIpc) is 2.49. The monoisotopic (exact) mass is 193 g/mol. The van der Waals surface area contributed by atoms with Gasteiger partial charge in [0, 0.05) is 27.8 Å². The number of methoxy groups -OCH3 is 1. The van der Waals surface area contributed by atoms with Crippen LogP contribution in [0.25, 0.3) is 10.1 Å². The third kappa shape index (κ3) is 1.53. The first-order valence-electron chi connectivity index (χ1n) is 4.07. The van der Waals surface area contributed by atoms with Crippen LogP contribution in [0.5, 0.6) is 0 Å². The van der Waals surface area contributed by atoms with Crippen LogP contribution >= 0.6 is 11.3 Å². The highest BCUT2D eigenvalue weighted by atomic mass is 32.1. The van der Waals surface area contributed by atoms with E-state index < -0.39 is 0 Å². The highest BCUT2D eigenvalue weighted by molar-refractivity contribution is 7.19. The van der Waals surface area contributed by atoms with E-state index >= 15 is 0 Å². The van der Waals surface area contributed by atoms with Gasteiger partial charge in [-0.25, -0.2) is 0 Å². The molecule has 0 atom stereocenters. The molecule has 0 unspecified atom stereocenters. The molecule has 2 aromatic rings. The second-order valence-corrected chi connectivity index (χ2v) is 4.07. The molecular formula is C10H11NOS. The molecule has 0 aliphatic rings. The Labute approximate surface area is 80.9 Å². The topological polar surface area (TPSA) is 35.2 Å². The summed E-state index contributed by atoms with van der Waals surface area (Å²) in [7, 11) is 1.70. The number of ether oxygens (including phenoxy) is 1. The fourth-order valence-electron chi connectivity index (χ4n) is 1.35. The van der Waals surface area contributed by atoms with Crippen molar-refractivity contribution in [2.75, 3.05) is 12.8 Å². The molecule has 2 rings (SSSR count). The van der Waals surface area contributed by atoms with Crippen LogP contribution in [0.15, 0.2) is 24.3 Å². The molecule has 13 heavy (non-hydrogen) atoms. The number of fused-ring (bicyclic) bond motifs is 1. The van der Waals surface area contributed by atoms with Crippen molar-refractivity contribution >= 4 is 27.1 Å². The van der Waals surface area contributed by atoms with Crippen molar-refractivity contribution in [2.24, 2.45) is 0 Å². The molecule has 0 saturated carbocycles. The zero-order chi connectivity index (χ0) is 9.26. The molecule has 2 nitrogen and oxygen atoms in total. The number of hydrogen-bond acceptors (Lipinski definition) is 3. The highest BCUT2D eigenvalue weighted by Gasteiger charge is 2.02. The minimum atomic E-state index is 0.665. The third-order valence-electron chi connectivity index (χ3n) is 1.93. The summed E-state index contributed by atoms with van der Waals surface area (Å²) < 4.78 is 6.30. The largest absolute Gasteiger partial charge is 0.398 e. The summed E-state index contributed by atoms with van der Waals surface area (Å²) in [6.07, 6.45) is 0. The molecule has 0 bridgehead atoms. The van der Waals surface area contributed by atoms with Crippen molar-refractivity contribution in [3.05, 3.63) is 29.1 Å². The highest BCUT2D eigenvalue weighted by Crippen LogP contribution is 2.29. The minimum absolute atomic E-state index is 0.665. The zero-order valence-corrected chi connectivity index (χ0v) is 8.23. The van der Waals surface area contributed by atoms with Crippen LogP contribution < -0.4 is 5.73 Å². The van der Waals surface area contributed by atoms with Crippen molar-refractivity contribution in [2.45, 2.75) is 6.61 Å². The number of hydrogen-bond donors (Lipinski definition) is 1. The maximum absolute atomic E-state index is 5.83. The normalized spacial score (nSPS) is 10.8. The van der Waals surface area contributed by atoms with E-state index in [-0.39, 0.29) is 0 Å². The number of anilines is 1. The summed E-state index contributed by atoms with van der Waals surface area (Å²) in [6.45, 7) is 0.665. The van der Waals surface area contributed by atoms with E-state index in [4.69, 9.17) is 10.5 Å². The van der Waals surface area contributed by atoms with Crippen LogP contribution in [0.4, 0.5) is 5.69 Å². The zero-order valence-electron chi connectivity index (χ0n) is 7.41. The predicted octanol–water partition coefficient (Wildman–Crippen LogP) is 2.63. The van der Waals surface area contributed by atoms with Crippen LogP contribution in [0.2, 0.25) is 0 Å². The number of nitrogens with two attached hydrogens (primary N) is 1. The van der Waals surface area contributed by atoms with E-state index in [0.29, 0.717) is 6.61 Å². The second-order valence-electron chi connectivity index (χ2n) is 2.90. The lowest BCUT2D eigenvalue weighted by Crippen LogP contribution is -1.83. The fourth-order valence-corrected chi connectivity index (χ4v) is 2.42. The van der Waals surface area contributed by atoms with E-state index in [1.165, 1.54) is 9.58 Å². The van der Waals surface area contributed by atoms with Gasteiger partial charge in [0.1, 0.15) is 0 Å². The molecule has 0 aliphatic carbocycles. The van der Waals surface area contributed by atoms with Gasteiger partial charge in [-0.1, -0.05) is 6.07 Å². The summed E-state index contributed by atoms with van der Waals surface area (Å²) in [4.78, 5) is 1.22. The van der Waals surface area contributed by atoms with E-state index in [1.54, 1.807) is 18.4 Å². The Morgan fingerprint density at radius 3 is 3.00 bits per heavy atom. The van der Waals surface area contributed by atoms with Crippen LogP contribution in [-0.2, 0) is 11.3 Å². The Morgan fingerprint density at radius 1 is 1.46 bits per heavy atom. The molecule has 0 saturated heterocycles. The molecule has 2 N–H and O–H groups in total. The molecular weight excluding hydrogens is 182 g/mol. The SMILES string of the molecule is COCc1cc2c(N)cccc2s1. The van der Waals surface area contributed by atoms with Crippen LogP contribution in [0, 0.1) is 0 Å². The average molecular weight is 193 g/mol. The maximum Gasteiger partial charge on any atom is 0.0806 e. The summed E-state index contributed by atoms with van der Waals surface area (Å²) in [5.41, 5.74) is 6.68. The molecule has 1 heterocycles. The van der Waals surface area contributed by atoms with Gasteiger partial charge in [-0.15, -0.1) is 11.3 Å². The van der Waals surface area contributed by atoms with E-state index in [2.05, 4.69) is 12.1 Å². The first-order valence-corrected chi connectivity index (χ1v) is 4.89. The Bertz CT molecular complexity index is 422. The smallest absolute Gasteiger partial charge is 0.0806 e. The molecule has 0 aliphatic heterocycles. The van der Waals surface area contributed by atoms with E-state index in [1.807, 2.05) is 12.1 Å². The summed E-state index contributed by atoms with van der Waals surface area (Å²) in [6, 6.07) is 8.07. The number of benzene rings is 1. The fraction of sp³-hybridized carbons (Fsp3) is 0.200. The molecule has 1 aromatic carbocycles. The van der Waals surface area contributed by atoms with Crippen molar-refractivity contribution in [1.82, 2.24) is 0 Å². The predicted molar refractivity (Wildman–Crippen MR) is 57.0 cm³/mol. The van der Waals surface area contributed by atoms with Crippen molar-refractivity contribution in [3.63, 3.8) is 0 Å². The first-order chi connectivity index (χ1) is 6.31.